The standard InChI is InChI=1S/C21H27N3O3/c1-21(2,3)20(26)24-17-7-5-6-16(12-17)23-19(25)14-22-13-15-8-10-18(27-4)11-9-15/h5-12,22H,13-14H2,1-4H3,(H,23,25)(H,24,26). The van der Waals surface area contributed by atoms with Crippen LogP contribution in [0.15, 0.2) is 48.5 Å². The number of amides is 2. The normalized spacial score (nSPS) is 11.0. The van der Waals surface area contributed by atoms with Gasteiger partial charge in [0, 0.05) is 23.3 Å². The van der Waals surface area contributed by atoms with Gasteiger partial charge in [0.25, 0.3) is 0 Å². The topological polar surface area (TPSA) is 79.5 Å². The molecule has 144 valence electrons. The molecule has 27 heavy (non-hydrogen) atoms. The lowest BCUT2D eigenvalue weighted by Crippen LogP contribution is -2.28. The molecule has 2 aromatic carbocycles. The monoisotopic (exact) mass is 369 g/mol. The van der Waals surface area contributed by atoms with E-state index in [1.807, 2.05) is 45.0 Å². The Morgan fingerprint density at radius 3 is 2.19 bits per heavy atom. The van der Waals surface area contributed by atoms with Crippen molar-refractivity contribution in [2.45, 2.75) is 27.3 Å². The Balaban J connectivity index is 1.82. The summed E-state index contributed by atoms with van der Waals surface area (Å²) in [5.74, 6) is 0.574. The molecule has 0 aromatic heterocycles. The largest absolute Gasteiger partial charge is 0.497 e. The maximum atomic E-state index is 12.1. The Kier molecular flexibility index (Phi) is 6.96. The Morgan fingerprint density at radius 1 is 0.963 bits per heavy atom. The van der Waals surface area contributed by atoms with E-state index in [2.05, 4.69) is 16.0 Å². The summed E-state index contributed by atoms with van der Waals surface area (Å²) in [5, 5.41) is 8.78. The Hall–Kier alpha value is -2.86. The van der Waals surface area contributed by atoms with Crippen molar-refractivity contribution in [1.82, 2.24) is 5.32 Å². The Bertz CT molecular complexity index is 780. The quantitative estimate of drug-likeness (QED) is 0.699. The Morgan fingerprint density at radius 2 is 1.59 bits per heavy atom. The van der Waals surface area contributed by atoms with Gasteiger partial charge in [-0.25, -0.2) is 0 Å². The summed E-state index contributed by atoms with van der Waals surface area (Å²) in [4.78, 5) is 24.2. The van der Waals surface area contributed by atoms with Crippen LogP contribution in [0.5, 0.6) is 5.75 Å². The number of hydrogen-bond donors (Lipinski definition) is 3. The van der Waals surface area contributed by atoms with Gasteiger partial charge in [-0.15, -0.1) is 0 Å². The van der Waals surface area contributed by atoms with Crippen molar-refractivity contribution in [2.24, 2.45) is 5.41 Å². The van der Waals surface area contributed by atoms with Gasteiger partial charge in [0.1, 0.15) is 5.75 Å². The van der Waals surface area contributed by atoms with Crippen LogP contribution in [0.2, 0.25) is 0 Å². The summed E-state index contributed by atoms with van der Waals surface area (Å²) < 4.78 is 5.12. The number of carbonyl (C=O) groups excluding carboxylic acids is 2. The smallest absolute Gasteiger partial charge is 0.238 e. The van der Waals surface area contributed by atoms with Gasteiger partial charge in [-0.05, 0) is 35.9 Å². The van der Waals surface area contributed by atoms with E-state index in [9.17, 15) is 9.59 Å². The number of nitrogens with one attached hydrogen (secondary N) is 3. The number of rotatable bonds is 7. The molecular formula is C21H27N3O3. The summed E-state index contributed by atoms with van der Waals surface area (Å²) in [6.45, 7) is 6.32. The molecule has 2 rings (SSSR count). The molecule has 0 spiro atoms. The van der Waals surface area contributed by atoms with Gasteiger partial charge >= 0.3 is 0 Å². The van der Waals surface area contributed by atoms with Crippen LogP contribution in [-0.4, -0.2) is 25.5 Å². The van der Waals surface area contributed by atoms with Crippen molar-refractivity contribution in [3.8, 4) is 5.75 Å². The molecular weight excluding hydrogens is 342 g/mol. The highest BCUT2D eigenvalue weighted by molar-refractivity contribution is 5.96. The molecule has 3 N–H and O–H groups in total. The summed E-state index contributed by atoms with van der Waals surface area (Å²) in [5.41, 5.74) is 1.87. The fourth-order valence-electron chi connectivity index (χ4n) is 2.26. The SMILES string of the molecule is COc1ccc(CNCC(=O)Nc2cccc(NC(=O)C(C)(C)C)c2)cc1. The molecule has 0 aliphatic heterocycles. The van der Waals surface area contributed by atoms with E-state index in [0.29, 0.717) is 17.9 Å². The van der Waals surface area contributed by atoms with E-state index >= 15 is 0 Å². The van der Waals surface area contributed by atoms with E-state index in [0.717, 1.165) is 11.3 Å². The average molecular weight is 369 g/mol. The highest BCUT2D eigenvalue weighted by atomic mass is 16.5. The molecule has 2 aromatic rings. The highest BCUT2D eigenvalue weighted by Crippen LogP contribution is 2.20. The maximum absolute atomic E-state index is 12.1. The van der Waals surface area contributed by atoms with Crippen LogP contribution in [0.3, 0.4) is 0 Å². The predicted molar refractivity (Wildman–Crippen MR) is 108 cm³/mol. The van der Waals surface area contributed by atoms with E-state index in [4.69, 9.17) is 4.74 Å². The molecule has 0 saturated carbocycles. The minimum atomic E-state index is -0.482. The molecule has 0 aliphatic rings. The van der Waals surface area contributed by atoms with Gasteiger partial charge in [-0.1, -0.05) is 39.0 Å². The third-order valence-electron chi connectivity index (χ3n) is 3.86. The number of hydrogen-bond acceptors (Lipinski definition) is 4. The Labute approximate surface area is 160 Å². The van der Waals surface area contributed by atoms with Crippen molar-refractivity contribution < 1.29 is 14.3 Å². The van der Waals surface area contributed by atoms with E-state index in [1.165, 1.54) is 0 Å². The lowest BCUT2D eigenvalue weighted by atomic mass is 9.95. The van der Waals surface area contributed by atoms with Crippen LogP contribution in [0.25, 0.3) is 0 Å². The van der Waals surface area contributed by atoms with Gasteiger partial charge in [0.2, 0.25) is 11.8 Å². The first-order valence-electron chi connectivity index (χ1n) is 8.83. The van der Waals surface area contributed by atoms with Crippen LogP contribution in [0.4, 0.5) is 11.4 Å². The second-order valence-electron chi connectivity index (χ2n) is 7.28. The number of benzene rings is 2. The molecule has 0 atom stereocenters. The van der Waals surface area contributed by atoms with E-state index in [1.54, 1.807) is 31.4 Å². The maximum Gasteiger partial charge on any atom is 0.238 e. The minimum Gasteiger partial charge on any atom is -0.497 e. The molecule has 6 heteroatoms. The first kappa shape index (κ1) is 20.5. The number of anilines is 2. The highest BCUT2D eigenvalue weighted by Gasteiger charge is 2.21. The molecule has 0 radical (unpaired) electrons. The lowest BCUT2D eigenvalue weighted by molar-refractivity contribution is -0.123. The van der Waals surface area contributed by atoms with Gasteiger partial charge < -0.3 is 20.7 Å². The third kappa shape index (κ3) is 6.75. The van der Waals surface area contributed by atoms with Crippen LogP contribution in [0.1, 0.15) is 26.3 Å². The molecule has 6 nitrogen and oxygen atoms in total. The summed E-state index contributed by atoms with van der Waals surface area (Å²) in [7, 11) is 1.63. The predicted octanol–water partition coefficient (Wildman–Crippen LogP) is 3.41. The zero-order valence-electron chi connectivity index (χ0n) is 16.3. The molecule has 0 fully saturated rings. The average Bonchev–Trinajstić information content (AvgIpc) is 2.62. The fraction of sp³-hybridized carbons (Fsp3) is 0.333. The number of ether oxygens (including phenoxy) is 1. The van der Waals surface area contributed by atoms with E-state index in [-0.39, 0.29) is 18.4 Å². The molecule has 0 heterocycles. The first-order chi connectivity index (χ1) is 12.8. The molecule has 0 bridgehead atoms. The van der Waals surface area contributed by atoms with Crippen LogP contribution >= 0.6 is 0 Å². The molecule has 0 aliphatic carbocycles. The van der Waals surface area contributed by atoms with Crippen LogP contribution in [-0.2, 0) is 16.1 Å². The lowest BCUT2D eigenvalue weighted by Gasteiger charge is -2.18. The van der Waals surface area contributed by atoms with Gasteiger partial charge in [0.15, 0.2) is 0 Å². The second kappa shape index (κ2) is 9.19. The minimum absolute atomic E-state index is 0.0767. The van der Waals surface area contributed by atoms with Crippen molar-refractivity contribution in [1.29, 1.82) is 0 Å². The summed E-state index contributed by atoms with van der Waals surface area (Å²) in [6, 6.07) is 14.8. The zero-order valence-corrected chi connectivity index (χ0v) is 16.3. The first-order valence-corrected chi connectivity index (χ1v) is 8.83. The summed E-state index contributed by atoms with van der Waals surface area (Å²) in [6.07, 6.45) is 0. The van der Waals surface area contributed by atoms with Crippen LogP contribution in [0, 0.1) is 5.41 Å². The number of methoxy groups -OCH3 is 1. The number of carbonyl (C=O) groups is 2. The van der Waals surface area contributed by atoms with Gasteiger partial charge in [0.05, 0.1) is 13.7 Å². The zero-order chi connectivity index (χ0) is 19.9. The van der Waals surface area contributed by atoms with E-state index < -0.39 is 5.41 Å². The fourth-order valence-corrected chi connectivity index (χ4v) is 2.26. The molecule has 2 amide bonds. The molecule has 0 unspecified atom stereocenters. The van der Waals surface area contributed by atoms with Crippen molar-refractivity contribution >= 4 is 23.2 Å². The van der Waals surface area contributed by atoms with Crippen molar-refractivity contribution in [2.75, 3.05) is 24.3 Å². The van der Waals surface area contributed by atoms with Crippen molar-refractivity contribution in [3.63, 3.8) is 0 Å². The third-order valence-corrected chi connectivity index (χ3v) is 3.86. The van der Waals surface area contributed by atoms with Gasteiger partial charge in [-0.2, -0.15) is 0 Å². The van der Waals surface area contributed by atoms with Gasteiger partial charge in [-0.3, -0.25) is 9.59 Å². The van der Waals surface area contributed by atoms with Crippen molar-refractivity contribution in [3.05, 3.63) is 54.1 Å². The second-order valence-corrected chi connectivity index (χ2v) is 7.28. The summed E-state index contributed by atoms with van der Waals surface area (Å²) >= 11 is 0. The molecule has 0 saturated heterocycles. The van der Waals surface area contributed by atoms with Crippen LogP contribution < -0.4 is 20.7 Å².